The van der Waals surface area contributed by atoms with Gasteiger partial charge >= 0.3 is 0 Å². The third-order valence-corrected chi connectivity index (χ3v) is 3.00. The number of para-hydroxylation sites is 1. The Balaban J connectivity index is 2.38. The van der Waals surface area contributed by atoms with Crippen LogP contribution in [-0.2, 0) is 6.42 Å². The maximum absolute atomic E-state index is 12.4. The lowest BCUT2D eigenvalue weighted by Crippen LogP contribution is -2.24. The Bertz CT molecular complexity index is 687. The Morgan fingerprint density at radius 1 is 1.24 bits per heavy atom. The number of amides is 1. The molecule has 1 aromatic carbocycles. The van der Waals surface area contributed by atoms with E-state index in [0.717, 1.165) is 0 Å². The number of nitrogens with one attached hydrogen (secondary N) is 1. The Hall–Kier alpha value is -2.36. The van der Waals surface area contributed by atoms with E-state index in [1.807, 2.05) is 32.0 Å². The molecule has 0 saturated heterocycles. The summed E-state index contributed by atoms with van der Waals surface area (Å²) in [6, 6.07) is 10.4. The first-order valence-electron chi connectivity index (χ1n) is 6.97. The molecule has 4 heteroatoms. The van der Waals surface area contributed by atoms with Crippen LogP contribution in [0.1, 0.15) is 35.7 Å². The van der Waals surface area contributed by atoms with Gasteiger partial charge in [0.2, 0.25) is 0 Å². The van der Waals surface area contributed by atoms with Gasteiger partial charge in [-0.3, -0.25) is 9.59 Å². The molecule has 0 fully saturated rings. The van der Waals surface area contributed by atoms with Crippen molar-refractivity contribution in [3.05, 3.63) is 63.7 Å². The van der Waals surface area contributed by atoms with Crippen molar-refractivity contribution < 1.29 is 9.21 Å². The van der Waals surface area contributed by atoms with Crippen LogP contribution in [0.2, 0.25) is 0 Å². The average Bonchev–Trinajstić information content (AvgIpc) is 2.38. The number of anilines is 1. The molecule has 1 heterocycles. The molecule has 0 bridgehead atoms. The van der Waals surface area contributed by atoms with Gasteiger partial charge in [0.25, 0.3) is 5.91 Å². The predicted octanol–water partition coefficient (Wildman–Crippen LogP) is 3.40. The van der Waals surface area contributed by atoms with Crippen molar-refractivity contribution in [3.63, 3.8) is 0 Å². The fraction of sp³-hybridized carbons (Fsp3) is 0.294. The van der Waals surface area contributed by atoms with E-state index in [2.05, 4.69) is 5.32 Å². The molecule has 1 aromatic heterocycles. The summed E-state index contributed by atoms with van der Waals surface area (Å²) in [4.78, 5) is 24.5. The molecule has 21 heavy (non-hydrogen) atoms. The van der Waals surface area contributed by atoms with Crippen molar-refractivity contribution in [2.24, 2.45) is 5.92 Å². The van der Waals surface area contributed by atoms with Crippen LogP contribution in [0.15, 0.2) is 45.6 Å². The quantitative estimate of drug-likeness (QED) is 0.936. The zero-order valence-corrected chi connectivity index (χ0v) is 12.5. The van der Waals surface area contributed by atoms with E-state index in [4.69, 9.17) is 4.42 Å². The molecule has 0 aliphatic rings. The van der Waals surface area contributed by atoms with Gasteiger partial charge in [0.1, 0.15) is 17.1 Å². The molecule has 0 aliphatic heterocycles. The van der Waals surface area contributed by atoms with Gasteiger partial charge in [0, 0.05) is 18.2 Å². The van der Waals surface area contributed by atoms with Gasteiger partial charge in [-0.05, 0) is 25.0 Å². The first-order chi connectivity index (χ1) is 9.97. The molecular formula is C17H19NO3. The number of carbonyl (C=O) groups excluding carboxylic acids is 1. The van der Waals surface area contributed by atoms with Crippen LogP contribution in [-0.4, -0.2) is 5.91 Å². The summed E-state index contributed by atoms with van der Waals surface area (Å²) in [5.41, 5.74) is 0.443. The molecule has 0 aliphatic carbocycles. The lowest BCUT2D eigenvalue weighted by molar-refractivity contribution is 0.102. The van der Waals surface area contributed by atoms with Crippen molar-refractivity contribution in [1.29, 1.82) is 0 Å². The zero-order chi connectivity index (χ0) is 15.4. The highest BCUT2D eigenvalue weighted by atomic mass is 16.3. The monoisotopic (exact) mass is 285 g/mol. The number of carbonyl (C=O) groups is 1. The molecule has 0 saturated carbocycles. The van der Waals surface area contributed by atoms with Gasteiger partial charge in [-0.25, -0.2) is 0 Å². The summed E-state index contributed by atoms with van der Waals surface area (Å²) < 4.78 is 5.60. The highest BCUT2D eigenvalue weighted by molar-refractivity contribution is 6.04. The van der Waals surface area contributed by atoms with E-state index in [0.29, 0.717) is 29.5 Å². The summed E-state index contributed by atoms with van der Waals surface area (Å²) in [5, 5.41) is 2.73. The second-order valence-electron chi connectivity index (χ2n) is 5.44. The normalized spacial score (nSPS) is 10.7. The van der Waals surface area contributed by atoms with Gasteiger partial charge < -0.3 is 9.73 Å². The maximum Gasteiger partial charge on any atom is 0.263 e. The minimum atomic E-state index is -0.425. The van der Waals surface area contributed by atoms with E-state index in [1.165, 1.54) is 6.07 Å². The number of aryl methyl sites for hydroxylation is 1. The Morgan fingerprint density at radius 3 is 2.52 bits per heavy atom. The predicted molar refractivity (Wildman–Crippen MR) is 82.7 cm³/mol. The van der Waals surface area contributed by atoms with Crippen molar-refractivity contribution >= 4 is 11.6 Å². The molecule has 4 nitrogen and oxygen atoms in total. The third kappa shape index (κ3) is 3.81. The third-order valence-electron chi connectivity index (χ3n) is 3.00. The zero-order valence-electron chi connectivity index (χ0n) is 12.5. The van der Waals surface area contributed by atoms with E-state index in [9.17, 15) is 9.59 Å². The maximum atomic E-state index is 12.4. The van der Waals surface area contributed by atoms with Crippen molar-refractivity contribution in [3.8, 4) is 0 Å². The summed E-state index contributed by atoms with van der Waals surface area (Å²) in [5.74, 6) is 0.833. The van der Waals surface area contributed by atoms with Crippen molar-refractivity contribution in [1.82, 2.24) is 0 Å². The van der Waals surface area contributed by atoms with Crippen LogP contribution >= 0.6 is 0 Å². The first-order valence-corrected chi connectivity index (χ1v) is 6.97. The van der Waals surface area contributed by atoms with Crippen LogP contribution in [0.3, 0.4) is 0 Å². The highest BCUT2D eigenvalue weighted by Crippen LogP contribution is 2.15. The van der Waals surface area contributed by atoms with Gasteiger partial charge in [-0.1, -0.05) is 32.0 Å². The number of hydrogen-bond donors (Lipinski definition) is 1. The van der Waals surface area contributed by atoms with Crippen LogP contribution in [0.4, 0.5) is 5.69 Å². The second kappa shape index (κ2) is 6.39. The molecule has 0 atom stereocenters. The van der Waals surface area contributed by atoms with E-state index < -0.39 is 5.91 Å². The molecule has 1 amide bonds. The summed E-state index contributed by atoms with van der Waals surface area (Å²) >= 11 is 0. The first kappa shape index (κ1) is 15.0. The fourth-order valence-corrected chi connectivity index (χ4v) is 2.14. The fourth-order valence-electron chi connectivity index (χ4n) is 2.14. The van der Waals surface area contributed by atoms with Gasteiger partial charge in [0.05, 0.1) is 0 Å². The average molecular weight is 285 g/mol. The Kier molecular flexibility index (Phi) is 4.58. The molecular weight excluding hydrogens is 266 g/mol. The smallest absolute Gasteiger partial charge is 0.263 e. The molecule has 0 unspecified atom stereocenters. The SMILES string of the molecule is Cc1cc(=O)c(C(=O)Nc2ccccc2)c(CC(C)C)o1. The minimum absolute atomic E-state index is 0.0955. The molecule has 0 spiro atoms. The van der Waals surface area contributed by atoms with Crippen molar-refractivity contribution in [2.75, 3.05) is 5.32 Å². The van der Waals surface area contributed by atoms with E-state index in [1.54, 1.807) is 19.1 Å². The van der Waals surface area contributed by atoms with Crippen LogP contribution in [0.25, 0.3) is 0 Å². The number of benzene rings is 1. The molecule has 2 aromatic rings. The number of hydrogen-bond acceptors (Lipinski definition) is 3. The van der Waals surface area contributed by atoms with Crippen LogP contribution in [0, 0.1) is 12.8 Å². The van der Waals surface area contributed by atoms with Gasteiger partial charge in [-0.15, -0.1) is 0 Å². The summed E-state index contributed by atoms with van der Waals surface area (Å²) in [7, 11) is 0. The lowest BCUT2D eigenvalue weighted by atomic mass is 10.0. The molecule has 110 valence electrons. The summed E-state index contributed by atoms with van der Waals surface area (Å²) in [6.45, 7) is 5.74. The van der Waals surface area contributed by atoms with Crippen LogP contribution in [0.5, 0.6) is 0 Å². The largest absolute Gasteiger partial charge is 0.465 e. The van der Waals surface area contributed by atoms with Crippen LogP contribution < -0.4 is 10.7 Å². The topological polar surface area (TPSA) is 59.3 Å². The summed E-state index contributed by atoms with van der Waals surface area (Å²) in [6.07, 6.45) is 0.550. The molecule has 2 rings (SSSR count). The highest BCUT2D eigenvalue weighted by Gasteiger charge is 2.19. The van der Waals surface area contributed by atoms with E-state index in [-0.39, 0.29) is 11.0 Å². The molecule has 1 N–H and O–H groups in total. The second-order valence-corrected chi connectivity index (χ2v) is 5.44. The van der Waals surface area contributed by atoms with E-state index >= 15 is 0 Å². The Labute approximate surface area is 123 Å². The van der Waals surface area contributed by atoms with Gasteiger partial charge in [0.15, 0.2) is 5.43 Å². The number of rotatable bonds is 4. The Morgan fingerprint density at radius 2 is 1.90 bits per heavy atom. The van der Waals surface area contributed by atoms with Crippen molar-refractivity contribution in [2.45, 2.75) is 27.2 Å². The molecule has 0 radical (unpaired) electrons. The minimum Gasteiger partial charge on any atom is -0.465 e. The standard InChI is InChI=1S/C17H19NO3/c1-11(2)9-15-16(14(19)10-12(3)21-15)17(20)18-13-7-5-4-6-8-13/h4-8,10-11H,9H2,1-3H3,(H,18,20). The lowest BCUT2D eigenvalue weighted by Gasteiger charge is -2.11. The van der Waals surface area contributed by atoms with Gasteiger partial charge in [-0.2, -0.15) is 0 Å².